The molecule has 2 heterocycles. The molecule has 0 saturated heterocycles. The lowest BCUT2D eigenvalue weighted by Gasteiger charge is -2.09. The van der Waals surface area contributed by atoms with Crippen molar-refractivity contribution in [1.29, 1.82) is 0 Å². The van der Waals surface area contributed by atoms with Crippen LogP contribution in [0.3, 0.4) is 0 Å². The van der Waals surface area contributed by atoms with E-state index in [0.29, 0.717) is 29.4 Å². The number of carbonyl (C=O) groups excluding carboxylic acids is 1. The normalized spacial score (nSPS) is 11.1. The Morgan fingerprint density at radius 1 is 1.26 bits per heavy atom. The average molecular weight is 387 g/mol. The lowest BCUT2D eigenvalue weighted by molar-refractivity contribution is -0.118. The van der Waals surface area contributed by atoms with Crippen LogP contribution >= 0.6 is 11.8 Å². The summed E-state index contributed by atoms with van der Waals surface area (Å²) in [6.45, 7) is 4.82. The number of nitrogens with zero attached hydrogens (tertiary/aromatic N) is 3. The van der Waals surface area contributed by atoms with E-state index in [1.54, 1.807) is 11.6 Å². The molecule has 0 spiro atoms. The maximum Gasteiger partial charge on any atom is 0.329 e. The van der Waals surface area contributed by atoms with Crippen LogP contribution in [0.5, 0.6) is 0 Å². The van der Waals surface area contributed by atoms with E-state index in [4.69, 9.17) is 0 Å². The van der Waals surface area contributed by atoms with Crippen molar-refractivity contribution >= 4 is 28.8 Å². The van der Waals surface area contributed by atoms with E-state index in [2.05, 4.69) is 15.3 Å². The number of aromatic nitrogens is 4. The third kappa shape index (κ3) is 3.97. The molecule has 3 rings (SSSR count). The van der Waals surface area contributed by atoms with Crippen LogP contribution in [0.1, 0.15) is 18.1 Å². The molecule has 27 heavy (non-hydrogen) atoms. The van der Waals surface area contributed by atoms with Gasteiger partial charge in [-0.05, 0) is 19.4 Å². The number of rotatable bonds is 6. The van der Waals surface area contributed by atoms with Crippen molar-refractivity contribution in [2.45, 2.75) is 25.5 Å². The molecule has 3 aromatic rings. The number of fused-ring (bicyclic) bond motifs is 1. The van der Waals surface area contributed by atoms with Crippen molar-refractivity contribution in [3.63, 3.8) is 0 Å². The molecule has 0 saturated carbocycles. The first-order valence-electron chi connectivity index (χ1n) is 8.55. The van der Waals surface area contributed by atoms with Crippen LogP contribution in [0.25, 0.3) is 11.2 Å². The molecule has 0 aliphatic carbocycles. The number of H-pyrrole nitrogens is 1. The Bertz CT molecular complexity index is 1100. The van der Waals surface area contributed by atoms with Crippen LogP contribution in [0.4, 0.5) is 0 Å². The van der Waals surface area contributed by atoms with Gasteiger partial charge in [0.2, 0.25) is 5.91 Å². The summed E-state index contributed by atoms with van der Waals surface area (Å²) in [5.41, 5.74) is 1.74. The van der Waals surface area contributed by atoms with E-state index < -0.39 is 11.2 Å². The number of thioether (sulfide) groups is 1. The number of carbonyl (C=O) groups is 1. The van der Waals surface area contributed by atoms with Crippen molar-refractivity contribution in [3.8, 4) is 0 Å². The predicted molar refractivity (Wildman–Crippen MR) is 105 cm³/mol. The fourth-order valence-corrected chi connectivity index (χ4v) is 3.55. The van der Waals surface area contributed by atoms with Crippen molar-refractivity contribution < 1.29 is 4.79 Å². The minimum absolute atomic E-state index is 0.112. The highest BCUT2D eigenvalue weighted by molar-refractivity contribution is 7.99. The summed E-state index contributed by atoms with van der Waals surface area (Å²) in [5.74, 6) is 0.0657. The number of hydrogen-bond donors (Lipinski definition) is 2. The number of aryl methyl sites for hydroxylation is 2. The van der Waals surface area contributed by atoms with Gasteiger partial charge in [-0.25, -0.2) is 9.78 Å². The summed E-state index contributed by atoms with van der Waals surface area (Å²) in [5, 5.41) is 3.25. The van der Waals surface area contributed by atoms with Gasteiger partial charge in [0.05, 0.1) is 12.3 Å². The molecule has 142 valence electrons. The van der Waals surface area contributed by atoms with Gasteiger partial charge in [0.15, 0.2) is 16.3 Å². The minimum atomic E-state index is -0.521. The fraction of sp³-hybridized carbons (Fsp3) is 0.333. The Balaban J connectivity index is 2.09. The quantitative estimate of drug-likeness (QED) is 0.615. The van der Waals surface area contributed by atoms with Crippen molar-refractivity contribution in [3.05, 3.63) is 56.2 Å². The fourth-order valence-electron chi connectivity index (χ4n) is 2.73. The Morgan fingerprint density at radius 3 is 2.63 bits per heavy atom. The van der Waals surface area contributed by atoms with Crippen LogP contribution in [0, 0.1) is 6.92 Å². The number of amides is 1. The molecular weight excluding hydrogens is 366 g/mol. The lowest BCUT2D eigenvalue weighted by atomic mass is 10.1. The standard InChI is InChI=1S/C18H21N5O3S/c1-4-19-13(24)10-27-18-20-15-14(16(25)21-17(26)22(15)3)23(18)9-12-7-5-11(2)6-8-12/h5-8H,4,9-10H2,1-3H3,(H,19,24)(H,21,25,26). The zero-order valence-electron chi connectivity index (χ0n) is 15.4. The highest BCUT2D eigenvalue weighted by Gasteiger charge is 2.18. The van der Waals surface area contributed by atoms with E-state index in [-0.39, 0.29) is 11.7 Å². The second kappa shape index (κ2) is 7.83. The summed E-state index contributed by atoms with van der Waals surface area (Å²) in [7, 11) is 1.56. The maximum atomic E-state index is 12.5. The van der Waals surface area contributed by atoms with Gasteiger partial charge in [0, 0.05) is 13.6 Å². The molecule has 0 fully saturated rings. The van der Waals surface area contributed by atoms with Gasteiger partial charge in [-0.2, -0.15) is 0 Å². The second-order valence-electron chi connectivity index (χ2n) is 6.20. The summed E-state index contributed by atoms with van der Waals surface area (Å²) >= 11 is 1.24. The Morgan fingerprint density at radius 2 is 1.96 bits per heavy atom. The third-order valence-corrected chi connectivity index (χ3v) is 5.12. The zero-order valence-corrected chi connectivity index (χ0v) is 16.2. The molecule has 0 aliphatic rings. The molecule has 1 aromatic carbocycles. The van der Waals surface area contributed by atoms with Gasteiger partial charge in [-0.1, -0.05) is 41.6 Å². The molecule has 0 aliphatic heterocycles. The molecule has 9 heteroatoms. The Hall–Kier alpha value is -2.81. The van der Waals surface area contributed by atoms with E-state index in [0.717, 1.165) is 11.1 Å². The van der Waals surface area contributed by atoms with Crippen LogP contribution in [-0.4, -0.2) is 37.3 Å². The monoisotopic (exact) mass is 387 g/mol. The first-order chi connectivity index (χ1) is 12.9. The van der Waals surface area contributed by atoms with E-state index in [9.17, 15) is 14.4 Å². The Kier molecular flexibility index (Phi) is 5.50. The molecule has 8 nitrogen and oxygen atoms in total. The van der Waals surface area contributed by atoms with Crippen LogP contribution in [-0.2, 0) is 18.4 Å². The summed E-state index contributed by atoms with van der Waals surface area (Å²) in [4.78, 5) is 43.0. The molecule has 1 amide bonds. The van der Waals surface area contributed by atoms with Crippen LogP contribution < -0.4 is 16.6 Å². The third-order valence-electron chi connectivity index (χ3n) is 4.14. The van der Waals surface area contributed by atoms with E-state index >= 15 is 0 Å². The minimum Gasteiger partial charge on any atom is -0.356 e. The number of nitrogens with one attached hydrogen (secondary N) is 2. The van der Waals surface area contributed by atoms with Gasteiger partial charge in [0.1, 0.15) is 0 Å². The van der Waals surface area contributed by atoms with E-state index in [1.807, 2.05) is 38.1 Å². The second-order valence-corrected chi connectivity index (χ2v) is 7.14. The van der Waals surface area contributed by atoms with Crippen molar-refractivity contribution in [1.82, 2.24) is 24.4 Å². The van der Waals surface area contributed by atoms with Crippen LogP contribution in [0.2, 0.25) is 0 Å². The number of imidazole rings is 1. The largest absolute Gasteiger partial charge is 0.356 e. The Labute approximate surface area is 159 Å². The maximum absolute atomic E-state index is 12.5. The SMILES string of the molecule is CCNC(=O)CSc1nc2c(c(=O)[nH]c(=O)n2C)n1Cc1ccc(C)cc1. The predicted octanol–water partition coefficient (Wildman–Crippen LogP) is 1.01. The van der Waals surface area contributed by atoms with Crippen molar-refractivity contribution in [2.75, 3.05) is 12.3 Å². The summed E-state index contributed by atoms with van der Waals surface area (Å²) in [6, 6.07) is 7.96. The van der Waals surface area contributed by atoms with Gasteiger partial charge in [-0.15, -0.1) is 0 Å². The van der Waals surface area contributed by atoms with E-state index in [1.165, 1.54) is 16.3 Å². The lowest BCUT2D eigenvalue weighted by Crippen LogP contribution is -2.29. The van der Waals surface area contributed by atoms with Crippen molar-refractivity contribution in [2.24, 2.45) is 7.05 Å². The van der Waals surface area contributed by atoms with Gasteiger partial charge < -0.3 is 9.88 Å². The summed E-state index contributed by atoms with van der Waals surface area (Å²) < 4.78 is 3.06. The van der Waals surface area contributed by atoms with Gasteiger partial charge in [-0.3, -0.25) is 19.1 Å². The molecule has 0 unspecified atom stereocenters. The highest BCUT2D eigenvalue weighted by Crippen LogP contribution is 2.22. The first-order valence-corrected chi connectivity index (χ1v) is 9.53. The topological polar surface area (TPSA) is 102 Å². The molecule has 2 aromatic heterocycles. The molecule has 0 atom stereocenters. The first kappa shape index (κ1) is 19.0. The summed E-state index contributed by atoms with van der Waals surface area (Å²) in [6.07, 6.45) is 0. The number of benzene rings is 1. The van der Waals surface area contributed by atoms with Crippen LogP contribution in [0.15, 0.2) is 39.0 Å². The smallest absolute Gasteiger partial charge is 0.329 e. The van der Waals surface area contributed by atoms with Gasteiger partial charge in [0.25, 0.3) is 5.56 Å². The number of hydrogen-bond acceptors (Lipinski definition) is 5. The molecular formula is C18H21N5O3S. The molecule has 0 radical (unpaired) electrons. The zero-order chi connectivity index (χ0) is 19.6. The average Bonchev–Trinajstić information content (AvgIpc) is 2.99. The highest BCUT2D eigenvalue weighted by atomic mass is 32.2. The molecule has 2 N–H and O–H groups in total. The number of aromatic amines is 1. The molecule has 0 bridgehead atoms. The van der Waals surface area contributed by atoms with Gasteiger partial charge >= 0.3 is 5.69 Å².